The summed E-state index contributed by atoms with van der Waals surface area (Å²) in [6.07, 6.45) is -3.37. The maximum absolute atomic E-state index is 12.8. The molecule has 2 N–H and O–H groups in total. The number of para-hydroxylation sites is 1. The third kappa shape index (κ3) is 4.11. The molecule has 1 fully saturated rings. The number of halogens is 3. The monoisotopic (exact) mass is 302 g/mol. The van der Waals surface area contributed by atoms with Crippen molar-refractivity contribution in [3.8, 4) is 5.75 Å². The van der Waals surface area contributed by atoms with Crippen LogP contribution in [-0.2, 0) is 6.18 Å². The summed E-state index contributed by atoms with van der Waals surface area (Å²) in [6.45, 7) is 5.40. The van der Waals surface area contributed by atoms with E-state index in [1.807, 2.05) is 0 Å². The molecule has 2 rings (SSSR count). The van der Waals surface area contributed by atoms with Crippen molar-refractivity contribution in [3.05, 3.63) is 29.8 Å². The van der Waals surface area contributed by atoms with Crippen molar-refractivity contribution in [1.29, 1.82) is 0 Å². The molecule has 0 aromatic heterocycles. The lowest BCUT2D eigenvalue weighted by Crippen LogP contribution is -2.33. The van der Waals surface area contributed by atoms with Gasteiger partial charge < -0.3 is 10.5 Å². The first-order valence-corrected chi connectivity index (χ1v) is 7.05. The predicted octanol–water partition coefficient (Wildman–Crippen LogP) is 2.75. The number of nitrogens with zero attached hydrogens (tertiary/aromatic N) is 1. The van der Waals surface area contributed by atoms with E-state index in [1.54, 1.807) is 6.07 Å². The van der Waals surface area contributed by atoms with Gasteiger partial charge in [-0.05, 0) is 37.1 Å². The molecular weight excluding hydrogens is 281 g/mol. The fourth-order valence-corrected chi connectivity index (χ4v) is 2.59. The van der Waals surface area contributed by atoms with E-state index in [-0.39, 0.29) is 17.8 Å². The molecule has 0 amide bonds. The quantitative estimate of drug-likeness (QED) is 0.909. The highest BCUT2D eigenvalue weighted by Gasteiger charge is 2.34. The van der Waals surface area contributed by atoms with E-state index >= 15 is 0 Å². The van der Waals surface area contributed by atoms with Crippen molar-refractivity contribution in [1.82, 2.24) is 4.90 Å². The standard InChI is InChI=1S/C15H21F3N2O/c1-14(10-19)6-7-20(11-14)8-9-21-13-5-3-2-4-12(13)15(16,17)18/h2-5H,6-11,19H2,1H3. The molecule has 0 saturated carbocycles. The molecule has 1 unspecified atom stereocenters. The molecule has 1 atom stereocenters. The van der Waals surface area contributed by atoms with Crippen LogP contribution in [0.2, 0.25) is 0 Å². The van der Waals surface area contributed by atoms with Gasteiger partial charge in [-0.25, -0.2) is 0 Å². The highest BCUT2D eigenvalue weighted by Crippen LogP contribution is 2.36. The van der Waals surface area contributed by atoms with Crippen LogP contribution in [0.5, 0.6) is 5.75 Å². The highest BCUT2D eigenvalue weighted by atomic mass is 19.4. The van der Waals surface area contributed by atoms with Gasteiger partial charge in [0.15, 0.2) is 0 Å². The molecule has 6 heteroatoms. The lowest BCUT2D eigenvalue weighted by molar-refractivity contribution is -0.139. The minimum absolute atomic E-state index is 0.106. The first-order valence-electron chi connectivity index (χ1n) is 7.05. The topological polar surface area (TPSA) is 38.5 Å². The molecule has 118 valence electrons. The van der Waals surface area contributed by atoms with Crippen LogP contribution < -0.4 is 10.5 Å². The summed E-state index contributed by atoms with van der Waals surface area (Å²) in [7, 11) is 0. The first-order chi connectivity index (χ1) is 9.84. The number of hydrogen-bond acceptors (Lipinski definition) is 3. The van der Waals surface area contributed by atoms with Crippen LogP contribution in [-0.4, -0.2) is 37.7 Å². The van der Waals surface area contributed by atoms with Crippen molar-refractivity contribution in [2.75, 3.05) is 32.8 Å². The van der Waals surface area contributed by atoms with E-state index in [0.29, 0.717) is 13.1 Å². The molecule has 1 aliphatic rings. The molecule has 1 heterocycles. The molecule has 1 aromatic rings. The zero-order chi connectivity index (χ0) is 15.5. The average molecular weight is 302 g/mol. The zero-order valence-corrected chi connectivity index (χ0v) is 12.1. The van der Waals surface area contributed by atoms with E-state index in [9.17, 15) is 13.2 Å². The average Bonchev–Trinajstić information content (AvgIpc) is 2.81. The van der Waals surface area contributed by atoms with E-state index in [1.165, 1.54) is 12.1 Å². The Balaban J connectivity index is 1.88. The number of ether oxygens (including phenoxy) is 1. The molecule has 0 radical (unpaired) electrons. The summed E-state index contributed by atoms with van der Waals surface area (Å²) >= 11 is 0. The van der Waals surface area contributed by atoms with Gasteiger partial charge in [0.2, 0.25) is 0 Å². The fraction of sp³-hybridized carbons (Fsp3) is 0.600. The number of rotatable bonds is 5. The van der Waals surface area contributed by atoms with Crippen LogP contribution in [0.1, 0.15) is 18.9 Å². The number of hydrogen-bond donors (Lipinski definition) is 1. The van der Waals surface area contributed by atoms with Crippen molar-refractivity contribution in [2.24, 2.45) is 11.1 Å². The van der Waals surface area contributed by atoms with Gasteiger partial charge in [-0.1, -0.05) is 19.1 Å². The van der Waals surface area contributed by atoms with Gasteiger partial charge in [0.25, 0.3) is 0 Å². The second-order valence-corrected chi connectivity index (χ2v) is 5.88. The second kappa shape index (κ2) is 6.23. The molecular formula is C15H21F3N2O. The van der Waals surface area contributed by atoms with Crippen molar-refractivity contribution < 1.29 is 17.9 Å². The van der Waals surface area contributed by atoms with E-state index in [4.69, 9.17) is 10.5 Å². The number of benzene rings is 1. The van der Waals surface area contributed by atoms with Crippen LogP contribution in [0.15, 0.2) is 24.3 Å². The van der Waals surface area contributed by atoms with E-state index < -0.39 is 11.7 Å². The summed E-state index contributed by atoms with van der Waals surface area (Å²) in [6, 6.07) is 5.31. The lowest BCUT2D eigenvalue weighted by Gasteiger charge is -2.22. The maximum atomic E-state index is 12.8. The van der Waals surface area contributed by atoms with Gasteiger partial charge in [-0.2, -0.15) is 13.2 Å². The van der Waals surface area contributed by atoms with Crippen LogP contribution in [0, 0.1) is 5.41 Å². The molecule has 0 spiro atoms. The predicted molar refractivity (Wildman–Crippen MR) is 75.2 cm³/mol. The molecule has 21 heavy (non-hydrogen) atoms. The van der Waals surface area contributed by atoms with Gasteiger partial charge in [0, 0.05) is 13.1 Å². The first kappa shape index (κ1) is 16.1. The van der Waals surface area contributed by atoms with Crippen LogP contribution in [0.25, 0.3) is 0 Å². The summed E-state index contributed by atoms with van der Waals surface area (Å²) in [5, 5.41) is 0. The zero-order valence-electron chi connectivity index (χ0n) is 12.1. The Morgan fingerprint density at radius 3 is 2.67 bits per heavy atom. The Hall–Kier alpha value is -1.27. The lowest BCUT2D eigenvalue weighted by atomic mass is 9.90. The Morgan fingerprint density at radius 2 is 2.05 bits per heavy atom. The van der Waals surface area contributed by atoms with Gasteiger partial charge in [0.05, 0.1) is 5.56 Å². The Morgan fingerprint density at radius 1 is 1.33 bits per heavy atom. The number of likely N-dealkylation sites (tertiary alicyclic amines) is 1. The SMILES string of the molecule is CC1(CN)CCN(CCOc2ccccc2C(F)(F)F)C1. The minimum Gasteiger partial charge on any atom is -0.492 e. The minimum atomic E-state index is -4.39. The van der Waals surface area contributed by atoms with Gasteiger partial charge >= 0.3 is 6.18 Å². The Kier molecular flexibility index (Phi) is 4.78. The smallest absolute Gasteiger partial charge is 0.419 e. The molecule has 3 nitrogen and oxygen atoms in total. The maximum Gasteiger partial charge on any atom is 0.419 e. The van der Waals surface area contributed by atoms with Crippen LogP contribution in [0.4, 0.5) is 13.2 Å². The van der Waals surface area contributed by atoms with E-state index in [2.05, 4.69) is 11.8 Å². The summed E-state index contributed by atoms with van der Waals surface area (Å²) in [5.41, 5.74) is 5.13. The Bertz CT molecular complexity index is 478. The number of nitrogens with two attached hydrogens (primary N) is 1. The fourth-order valence-electron chi connectivity index (χ4n) is 2.59. The largest absolute Gasteiger partial charge is 0.492 e. The third-order valence-electron chi connectivity index (χ3n) is 3.99. The molecule has 1 aliphatic heterocycles. The number of alkyl halides is 3. The van der Waals surface area contributed by atoms with Crippen molar-refractivity contribution in [3.63, 3.8) is 0 Å². The van der Waals surface area contributed by atoms with Crippen molar-refractivity contribution in [2.45, 2.75) is 19.5 Å². The normalized spacial score (nSPS) is 23.5. The van der Waals surface area contributed by atoms with Gasteiger partial charge in [0.1, 0.15) is 12.4 Å². The van der Waals surface area contributed by atoms with Gasteiger partial charge in [-0.3, -0.25) is 4.90 Å². The molecule has 0 bridgehead atoms. The van der Waals surface area contributed by atoms with Crippen LogP contribution >= 0.6 is 0 Å². The summed E-state index contributed by atoms with van der Waals surface area (Å²) in [4.78, 5) is 2.18. The Labute approximate surface area is 122 Å². The highest BCUT2D eigenvalue weighted by molar-refractivity contribution is 5.35. The second-order valence-electron chi connectivity index (χ2n) is 5.88. The molecule has 1 aromatic carbocycles. The van der Waals surface area contributed by atoms with Gasteiger partial charge in [-0.15, -0.1) is 0 Å². The van der Waals surface area contributed by atoms with Crippen LogP contribution in [0.3, 0.4) is 0 Å². The summed E-state index contributed by atoms with van der Waals surface area (Å²) < 4.78 is 43.8. The molecule has 0 aliphatic carbocycles. The molecule has 1 saturated heterocycles. The third-order valence-corrected chi connectivity index (χ3v) is 3.99. The van der Waals surface area contributed by atoms with E-state index in [0.717, 1.165) is 25.6 Å². The summed E-state index contributed by atoms with van der Waals surface area (Å²) in [5.74, 6) is -0.106. The van der Waals surface area contributed by atoms with Crippen molar-refractivity contribution >= 4 is 0 Å².